The first kappa shape index (κ1) is 29.5. The zero-order valence-electron chi connectivity index (χ0n) is 17.7. The molecule has 9 nitrogen and oxygen atoms in total. The van der Waals surface area contributed by atoms with Gasteiger partial charge in [-0.1, -0.05) is 13.8 Å². The molecule has 2 heterocycles. The molecule has 1 saturated heterocycles. The van der Waals surface area contributed by atoms with Crippen LogP contribution in [0.3, 0.4) is 0 Å². The van der Waals surface area contributed by atoms with Gasteiger partial charge in [0.1, 0.15) is 0 Å². The van der Waals surface area contributed by atoms with E-state index < -0.39 is 19.0 Å². The summed E-state index contributed by atoms with van der Waals surface area (Å²) in [6, 6.07) is 3.38. The van der Waals surface area contributed by atoms with E-state index in [-0.39, 0.29) is 12.8 Å². The minimum Gasteiger partial charge on any atom is -0.481 e. The minimum atomic E-state index is -0.814. The average Bonchev–Trinajstić information content (AvgIpc) is 2.71. The number of aliphatic hydroxyl groups is 1. The third-order valence-electron chi connectivity index (χ3n) is 3.87. The second-order valence-corrected chi connectivity index (χ2v) is 6.01. The van der Waals surface area contributed by atoms with Crippen LogP contribution in [0.4, 0.5) is 0 Å². The quantitative estimate of drug-likeness (QED) is 0.409. The van der Waals surface area contributed by atoms with Crippen LogP contribution in [0.15, 0.2) is 24.5 Å². The SMILES string of the molecule is CB(O)N1CCC(CC(=O)O)CC1.CC.O=BC#CO.O=C(O)Cc1ccncc1. The standard InChI is InChI=1S/C8H16BNO3.C7H7NO2.C2HBO2.C2H6/c1-9(13)10-4-2-7(3-5-10)6-8(11)12;9-7(10)5-6-1-3-8-4-2-6;4-2-1-3-5;1-2/h7,13H,2-6H2,1H3,(H,11,12);1-4H,5H2,(H,9,10);4H;1-2H3. The zero-order chi connectivity index (χ0) is 23.4. The van der Waals surface area contributed by atoms with Crippen LogP contribution < -0.4 is 0 Å². The molecule has 0 amide bonds. The van der Waals surface area contributed by atoms with Crippen LogP contribution in [0.25, 0.3) is 0 Å². The Morgan fingerprint density at radius 3 is 2.07 bits per heavy atom. The number of piperidine rings is 1. The maximum atomic E-state index is 10.4. The van der Waals surface area contributed by atoms with E-state index in [1.165, 1.54) is 6.11 Å². The number of carboxylic acid groups (broad SMARTS) is 2. The van der Waals surface area contributed by atoms with E-state index in [2.05, 4.69) is 4.98 Å². The van der Waals surface area contributed by atoms with Crippen molar-refractivity contribution >= 4 is 26.1 Å². The Hall–Kier alpha value is -2.70. The summed E-state index contributed by atoms with van der Waals surface area (Å²) in [4.78, 5) is 26.3. The number of hydrogen-bond donors (Lipinski definition) is 4. The summed E-state index contributed by atoms with van der Waals surface area (Å²) in [5.74, 6) is 0.509. The summed E-state index contributed by atoms with van der Waals surface area (Å²) in [5, 5.41) is 33.7. The van der Waals surface area contributed by atoms with Gasteiger partial charge < -0.3 is 20.0 Å². The molecule has 0 unspecified atom stereocenters. The summed E-state index contributed by atoms with van der Waals surface area (Å²) in [6.45, 7) is 7.38. The Labute approximate surface area is 178 Å². The molecule has 1 aliphatic heterocycles. The smallest absolute Gasteiger partial charge is 0.307 e. The molecule has 1 aliphatic rings. The summed E-state index contributed by atoms with van der Waals surface area (Å²) >= 11 is 0. The van der Waals surface area contributed by atoms with E-state index in [1.54, 1.807) is 37.2 Å². The minimum absolute atomic E-state index is 0.0719. The Balaban J connectivity index is 0. The number of hydrogen-bond acceptors (Lipinski definition) is 7. The van der Waals surface area contributed by atoms with Crippen LogP contribution in [-0.4, -0.2) is 69.4 Å². The molecule has 164 valence electrons. The van der Waals surface area contributed by atoms with Crippen molar-refractivity contribution in [3.63, 3.8) is 0 Å². The summed E-state index contributed by atoms with van der Waals surface area (Å²) in [7, 11) is -0.0780. The molecule has 1 fully saturated rings. The number of pyridine rings is 1. The van der Waals surface area contributed by atoms with Crippen molar-refractivity contribution in [2.24, 2.45) is 5.92 Å². The molecule has 4 N–H and O–H groups in total. The first-order valence-corrected chi connectivity index (χ1v) is 9.63. The molecule has 2 rings (SSSR count). The normalized spacial score (nSPS) is 12.5. The Bertz CT molecular complexity index is 656. The number of carbonyl (C=O) groups is 2. The van der Waals surface area contributed by atoms with Gasteiger partial charge in [-0.2, -0.15) is 0 Å². The monoisotopic (exact) mass is 420 g/mol. The molecule has 1 aromatic heterocycles. The fraction of sp³-hybridized carbons (Fsp3) is 0.526. The van der Waals surface area contributed by atoms with Crippen molar-refractivity contribution in [2.75, 3.05) is 13.1 Å². The van der Waals surface area contributed by atoms with Crippen LogP contribution in [-0.2, 0) is 20.7 Å². The van der Waals surface area contributed by atoms with Crippen molar-refractivity contribution in [3.8, 4) is 11.9 Å². The largest absolute Gasteiger partial charge is 0.481 e. The first-order chi connectivity index (χ1) is 14.3. The third kappa shape index (κ3) is 17.4. The summed E-state index contributed by atoms with van der Waals surface area (Å²) in [5.41, 5.74) is 0.780. The predicted molar refractivity (Wildman–Crippen MR) is 113 cm³/mol. The van der Waals surface area contributed by atoms with Gasteiger partial charge >= 0.3 is 47.9 Å². The first-order valence-electron chi connectivity index (χ1n) is 9.63. The number of rotatable bonds is 5. The zero-order valence-corrected chi connectivity index (χ0v) is 17.7. The maximum absolute atomic E-state index is 10.4. The maximum Gasteiger partial charge on any atom is 0.307 e. The molecule has 0 aromatic carbocycles. The number of aliphatic carboxylic acids is 2. The predicted octanol–water partition coefficient (Wildman–Crippen LogP) is 1.35. The van der Waals surface area contributed by atoms with E-state index in [4.69, 9.17) is 20.0 Å². The Morgan fingerprint density at radius 2 is 1.73 bits per heavy atom. The fourth-order valence-corrected chi connectivity index (χ4v) is 2.48. The van der Waals surface area contributed by atoms with Crippen LogP contribution in [0.1, 0.15) is 38.7 Å². The molecular weight excluding hydrogens is 390 g/mol. The molecule has 11 heteroatoms. The van der Waals surface area contributed by atoms with Gasteiger partial charge in [-0.3, -0.25) is 14.6 Å². The van der Waals surface area contributed by atoms with Gasteiger partial charge in [0.25, 0.3) is 0 Å². The molecule has 0 spiro atoms. The average molecular weight is 420 g/mol. The topological polar surface area (TPSA) is 148 Å². The molecule has 30 heavy (non-hydrogen) atoms. The summed E-state index contributed by atoms with van der Waals surface area (Å²) < 4.78 is 9.07. The van der Waals surface area contributed by atoms with Gasteiger partial charge in [0, 0.05) is 18.8 Å². The van der Waals surface area contributed by atoms with E-state index in [9.17, 15) is 14.6 Å². The number of aliphatic hydroxyl groups excluding tert-OH is 1. The molecular formula is C19H30B2N2O7. The van der Waals surface area contributed by atoms with Gasteiger partial charge in [-0.05, 0) is 56.4 Å². The van der Waals surface area contributed by atoms with Crippen molar-refractivity contribution in [3.05, 3.63) is 30.1 Å². The van der Waals surface area contributed by atoms with Crippen LogP contribution in [0.2, 0.25) is 6.82 Å². The Kier molecular flexibility index (Phi) is 19.3. The fourth-order valence-electron chi connectivity index (χ4n) is 2.48. The van der Waals surface area contributed by atoms with Gasteiger partial charge in [0.2, 0.25) is 0 Å². The molecule has 0 atom stereocenters. The second-order valence-electron chi connectivity index (χ2n) is 6.01. The van der Waals surface area contributed by atoms with Gasteiger partial charge in [-0.15, -0.1) is 0 Å². The van der Waals surface area contributed by atoms with E-state index in [0.29, 0.717) is 13.1 Å². The van der Waals surface area contributed by atoms with Gasteiger partial charge in [0.15, 0.2) is 0 Å². The van der Waals surface area contributed by atoms with Gasteiger partial charge in [0.05, 0.1) is 6.42 Å². The third-order valence-corrected chi connectivity index (χ3v) is 3.87. The number of aromatic nitrogens is 1. The summed E-state index contributed by atoms with van der Waals surface area (Å²) in [6.07, 6.45) is 6.68. The molecule has 1 aromatic rings. The van der Waals surface area contributed by atoms with E-state index >= 15 is 0 Å². The van der Waals surface area contributed by atoms with Crippen LogP contribution in [0, 0.1) is 17.8 Å². The van der Waals surface area contributed by atoms with Crippen molar-refractivity contribution in [2.45, 2.75) is 46.4 Å². The molecule has 0 aliphatic carbocycles. The van der Waals surface area contributed by atoms with E-state index in [0.717, 1.165) is 31.5 Å². The Morgan fingerprint density at radius 1 is 1.20 bits per heavy atom. The number of carboxylic acids is 2. The number of nitrogens with zero attached hydrogens (tertiary/aromatic N) is 2. The van der Waals surface area contributed by atoms with Crippen molar-refractivity contribution in [1.82, 2.24) is 9.79 Å². The van der Waals surface area contributed by atoms with Crippen molar-refractivity contribution in [1.29, 1.82) is 0 Å². The van der Waals surface area contributed by atoms with Gasteiger partial charge in [-0.25, -0.2) is 0 Å². The molecule has 0 radical (unpaired) electrons. The molecule has 0 saturated carbocycles. The van der Waals surface area contributed by atoms with E-state index in [1.807, 2.05) is 18.7 Å². The van der Waals surface area contributed by atoms with Crippen LogP contribution >= 0.6 is 0 Å². The van der Waals surface area contributed by atoms with Crippen molar-refractivity contribution < 1.29 is 34.6 Å². The molecule has 0 bridgehead atoms. The van der Waals surface area contributed by atoms with Crippen LogP contribution in [0.5, 0.6) is 0 Å². The second kappa shape index (κ2) is 19.6.